The molecule has 1 aliphatic rings. The van der Waals surface area contributed by atoms with E-state index in [1.807, 2.05) is 54.6 Å². The van der Waals surface area contributed by atoms with Crippen LogP contribution in [0.5, 0.6) is 5.75 Å². The summed E-state index contributed by atoms with van der Waals surface area (Å²) < 4.78 is 5.52. The highest BCUT2D eigenvalue weighted by Gasteiger charge is 2.33. The summed E-state index contributed by atoms with van der Waals surface area (Å²) in [5.74, 6) is 0.591. The van der Waals surface area contributed by atoms with Crippen molar-refractivity contribution in [1.82, 2.24) is 0 Å². The van der Waals surface area contributed by atoms with E-state index in [9.17, 15) is 4.79 Å². The first-order valence-electron chi connectivity index (χ1n) is 7.71. The van der Waals surface area contributed by atoms with E-state index in [1.165, 1.54) is 0 Å². The number of carbonyl (C=O) groups excluding carboxylic acids is 1. The van der Waals surface area contributed by atoms with E-state index in [2.05, 4.69) is 11.7 Å². The van der Waals surface area contributed by atoms with Crippen molar-refractivity contribution < 1.29 is 14.4 Å². The molecule has 0 unspecified atom stereocenters. The third-order valence-electron chi connectivity index (χ3n) is 3.55. The second-order valence-corrected chi connectivity index (χ2v) is 5.16. The molecular formula is C19H18N2O3. The molecule has 0 fully saturated rings. The first-order valence-corrected chi connectivity index (χ1v) is 7.71. The zero-order valence-corrected chi connectivity index (χ0v) is 13.2. The van der Waals surface area contributed by atoms with E-state index in [0.717, 1.165) is 17.0 Å². The highest BCUT2D eigenvalue weighted by molar-refractivity contribution is 6.54. The van der Waals surface area contributed by atoms with E-state index in [0.29, 0.717) is 18.9 Å². The predicted molar refractivity (Wildman–Crippen MR) is 93.4 cm³/mol. The number of nitrogens with zero attached hydrogens (tertiary/aromatic N) is 2. The van der Waals surface area contributed by atoms with Gasteiger partial charge in [0, 0.05) is 12.1 Å². The fraction of sp³-hybridized carbons (Fsp3) is 0.158. The molecule has 5 nitrogen and oxygen atoms in total. The van der Waals surface area contributed by atoms with Crippen molar-refractivity contribution in [3.05, 3.63) is 72.8 Å². The average Bonchev–Trinajstić information content (AvgIpc) is 2.88. The molecule has 0 saturated heterocycles. The van der Waals surface area contributed by atoms with Gasteiger partial charge in [0.25, 0.3) is 5.91 Å². The van der Waals surface area contributed by atoms with Gasteiger partial charge < -0.3 is 14.5 Å². The Balaban J connectivity index is 1.62. The molecule has 1 heterocycles. The summed E-state index contributed by atoms with van der Waals surface area (Å²) in [6.45, 7) is 4.74. The number of fused-ring (bicyclic) bond motifs is 1. The fourth-order valence-electron chi connectivity index (χ4n) is 2.48. The lowest BCUT2D eigenvalue weighted by molar-refractivity contribution is -0.112. The fourth-order valence-corrected chi connectivity index (χ4v) is 2.48. The molecule has 0 spiro atoms. The van der Waals surface area contributed by atoms with Crippen LogP contribution in [0.4, 0.5) is 5.69 Å². The highest BCUT2D eigenvalue weighted by Crippen LogP contribution is 2.28. The van der Waals surface area contributed by atoms with Gasteiger partial charge in [-0.1, -0.05) is 47.6 Å². The van der Waals surface area contributed by atoms with Gasteiger partial charge in [0.05, 0.1) is 5.69 Å². The number of amides is 1. The van der Waals surface area contributed by atoms with Crippen LogP contribution < -0.4 is 9.64 Å². The van der Waals surface area contributed by atoms with E-state index in [-0.39, 0.29) is 12.5 Å². The van der Waals surface area contributed by atoms with Gasteiger partial charge in [-0.15, -0.1) is 6.58 Å². The van der Waals surface area contributed by atoms with E-state index in [4.69, 9.17) is 9.57 Å². The van der Waals surface area contributed by atoms with Gasteiger partial charge in [-0.25, -0.2) is 0 Å². The monoisotopic (exact) mass is 322 g/mol. The average molecular weight is 322 g/mol. The summed E-state index contributed by atoms with van der Waals surface area (Å²) in [7, 11) is 0. The highest BCUT2D eigenvalue weighted by atomic mass is 16.6. The molecule has 5 heteroatoms. The maximum atomic E-state index is 12.5. The third-order valence-corrected chi connectivity index (χ3v) is 3.55. The van der Waals surface area contributed by atoms with E-state index >= 15 is 0 Å². The number of para-hydroxylation sites is 2. The van der Waals surface area contributed by atoms with Crippen LogP contribution in [0.3, 0.4) is 0 Å². The topological polar surface area (TPSA) is 51.1 Å². The van der Waals surface area contributed by atoms with Crippen LogP contribution in [0.1, 0.15) is 5.56 Å². The Kier molecular flexibility index (Phi) is 4.91. The summed E-state index contributed by atoms with van der Waals surface area (Å²) >= 11 is 0. The van der Waals surface area contributed by atoms with Gasteiger partial charge >= 0.3 is 0 Å². The molecule has 24 heavy (non-hydrogen) atoms. The Hall–Kier alpha value is -3.08. The molecule has 122 valence electrons. The summed E-state index contributed by atoms with van der Waals surface area (Å²) in [4.78, 5) is 19.4. The molecule has 0 bridgehead atoms. The molecule has 1 aliphatic heterocycles. The van der Waals surface area contributed by atoms with Crippen LogP contribution in [-0.2, 0) is 9.63 Å². The smallest absolute Gasteiger partial charge is 0.281 e. The Morgan fingerprint density at radius 2 is 1.79 bits per heavy atom. The Labute approximate surface area is 140 Å². The van der Waals surface area contributed by atoms with Crippen LogP contribution in [-0.4, -0.2) is 31.4 Å². The van der Waals surface area contributed by atoms with Gasteiger partial charge in [0.2, 0.25) is 0 Å². The Bertz CT molecular complexity index is 756. The van der Waals surface area contributed by atoms with Crippen LogP contribution in [0.25, 0.3) is 0 Å². The molecule has 0 saturated carbocycles. The summed E-state index contributed by atoms with van der Waals surface area (Å²) in [6.07, 6.45) is 1.69. The van der Waals surface area contributed by atoms with Gasteiger partial charge in [-0.2, -0.15) is 0 Å². The molecule has 0 atom stereocenters. The number of hydrogen-bond donors (Lipinski definition) is 0. The number of rotatable bonds is 7. The van der Waals surface area contributed by atoms with Gasteiger partial charge in [0.15, 0.2) is 12.3 Å². The van der Waals surface area contributed by atoms with Gasteiger partial charge in [-0.05, 0) is 18.2 Å². The molecule has 0 N–H and O–H groups in total. The normalized spacial score (nSPS) is 14.6. The van der Waals surface area contributed by atoms with Crippen LogP contribution >= 0.6 is 0 Å². The number of hydrogen-bond acceptors (Lipinski definition) is 4. The third kappa shape index (κ3) is 3.30. The molecule has 3 rings (SSSR count). The zero-order chi connectivity index (χ0) is 16.8. The molecule has 0 aliphatic carbocycles. The predicted octanol–water partition coefficient (Wildman–Crippen LogP) is 3.02. The minimum absolute atomic E-state index is 0.180. The summed E-state index contributed by atoms with van der Waals surface area (Å²) in [5, 5.41) is 4.02. The Morgan fingerprint density at radius 3 is 2.58 bits per heavy atom. The molecule has 1 amide bonds. The van der Waals surface area contributed by atoms with Crippen molar-refractivity contribution in [3.8, 4) is 5.75 Å². The first-order chi connectivity index (χ1) is 11.8. The van der Waals surface area contributed by atoms with Crippen molar-refractivity contribution in [2.45, 2.75) is 0 Å². The standard InChI is InChI=1S/C19H18N2O3/c1-2-12-21-17-11-7-6-10-16(17)18(19(21)22)20-24-14-13-23-15-8-4-3-5-9-15/h2-11H,1,12-14H2/b20-18-. The molecule has 0 aromatic heterocycles. The second-order valence-electron chi connectivity index (χ2n) is 5.16. The number of oxime groups is 1. The number of ether oxygens (including phenoxy) is 1. The maximum absolute atomic E-state index is 12.5. The van der Waals surface area contributed by atoms with Crippen LogP contribution in [0, 0.1) is 0 Å². The van der Waals surface area contributed by atoms with Crippen LogP contribution in [0.2, 0.25) is 0 Å². The largest absolute Gasteiger partial charge is 0.490 e. The van der Waals surface area contributed by atoms with Crippen molar-refractivity contribution in [2.75, 3.05) is 24.7 Å². The molecule has 2 aromatic rings. The summed E-state index contributed by atoms with van der Waals surface area (Å²) in [6, 6.07) is 17.0. The lowest BCUT2D eigenvalue weighted by Crippen LogP contribution is -2.30. The van der Waals surface area contributed by atoms with E-state index in [1.54, 1.807) is 11.0 Å². The minimum atomic E-state index is -0.180. The van der Waals surface area contributed by atoms with Crippen LogP contribution in [0.15, 0.2) is 72.4 Å². The van der Waals surface area contributed by atoms with E-state index < -0.39 is 0 Å². The first kappa shape index (κ1) is 15.8. The minimum Gasteiger partial charge on any atom is -0.490 e. The molecular weight excluding hydrogens is 304 g/mol. The van der Waals surface area contributed by atoms with Crippen molar-refractivity contribution in [2.24, 2.45) is 5.16 Å². The van der Waals surface area contributed by atoms with Crippen molar-refractivity contribution in [3.63, 3.8) is 0 Å². The maximum Gasteiger partial charge on any atom is 0.281 e. The SMILES string of the molecule is C=CCN1C(=O)/C(=N\OCCOc2ccccc2)c2ccccc21. The van der Waals surface area contributed by atoms with Gasteiger partial charge in [0.1, 0.15) is 12.4 Å². The molecule has 0 radical (unpaired) electrons. The lowest BCUT2D eigenvalue weighted by Gasteiger charge is -2.13. The Morgan fingerprint density at radius 1 is 1.04 bits per heavy atom. The number of benzene rings is 2. The second kappa shape index (κ2) is 7.46. The lowest BCUT2D eigenvalue weighted by atomic mass is 10.1. The van der Waals surface area contributed by atoms with Crippen molar-refractivity contribution in [1.29, 1.82) is 0 Å². The zero-order valence-electron chi connectivity index (χ0n) is 13.2. The van der Waals surface area contributed by atoms with Crippen molar-refractivity contribution >= 4 is 17.3 Å². The molecule has 2 aromatic carbocycles. The number of anilines is 1. The number of carbonyl (C=O) groups is 1. The van der Waals surface area contributed by atoms with Gasteiger partial charge in [-0.3, -0.25) is 4.79 Å². The quantitative estimate of drug-likeness (QED) is 0.447. The summed E-state index contributed by atoms with van der Waals surface area (Å²) in [5.41, 5.74) is 1.91.